The third-order valence-electron chi connectivity index (χ3n) is 16.3. The van der Waals surface area contributed by atoms with E-state index >= 15 is 0 Å². The van der Waals surface area contributed by atoms with Crippen LogP contribution in [-0.4, -0.2) is 24.5 Å². The Kier molecular flexibility index (Phi) is 11.7. The Labute approximate surface area is 384 Å². The molecule has 0 amide bonds. The number of allylic oxidation sites excluding steroid dienone is 1. The second-order valence-corrected chi connectivity index (χ2v) is 35.6. The van der Waals surface area contributed by atoms with Crippen molar-refractivity contribution in [3.63, 3.8) is 0 Å². The molecule has 4 aromatic rings. The molecule has 2 unspecified atom stereocenters. The Morgan fingerprint density at radius 2 is 0.887 bits per heavy atom. The number of hydrogen-bond donors (Lipinski definition) is 0. The van der Waals surface area contributed by atoms with Crippen molar-refractivity contribution in [2.75, 3.05) is 9.80 Å². The third-order valence-corrected chi connectivity index (χ3v) is 30.5. The predicted octanol–water partition coefficient (Wildman–Crippen LogP) is 15.8. The van der Waals surface area contributed by atoms with Gasteiger partial charge in [0.05, 0.1) is 0 Å². The van der Waals surface area contributed by atoms with Gasteiger partial charge in [-0.25, -0.2) is 0 Å². The van der Waals surface area contributed by atoms with E-state index in [2.05, 4.69) is 162 Å². The average Bonchev–Trinajstić information content (AvgIpc) is 3.86. The molecular weight excluding hydrogens is 885 g/mol. The molecular formula is C57H74Cl2N2Ru. The second-order valence-electron chi connectivity index (χ2n) is 21.1. The van der Waals surface area contributed by atoms with Crippen LogP contribution in [0, 0.1) is 10.8 Å². The van der Waals surface area contributed by atoms with E-state index in [1.54, 1.807) is 0 Å². The van der Waals surface area contributed by atoms with E-state index in [-0.39, 0.29) is 31.2 Å². The van der Waals surface area contributed by atoms with Crippen LogP contribution in [0.3, 0.4) is 0 Å². The van der Waals surface area contributed by atoms with Crippen LogP contribution in [0.2, 0.25) is 0 Å². The summed E-state index contributed by atoms with van der Waals surface area (Å²) in [5, 5.41) is 0. The van der Waals surface area contributed by atoms with Crippen LogP contribution in [0.25, 0.3) is 5.57 Å². The zero-order valence-electron chi connectivity index (χ0n) is 39.2. The summed E-state index contributed by atoms with van der Waals surface area (Å²) >= 11 is -5.36. The van der Waals surface area contributed by atoms with E-state index in [1.807, 2.05) is 0 Å². The zero-order chi connectivity index (χ0) is 43.7. The van der Waals surface area contributed by atoms with Crippen LogP contribution in [0.5, 0.6) is 0 Å². The summed E-state index contributed by atoms with van der Waals surface area (Å²) in [4.78, 5) is 5.99. The average molecular weight is 959 g/mol. The fraction of sp³-hybridized carbons (Fsp3) is 0.526. The van der Waals surface area contributed by atoms with Gasteiger partial charge in [0.15, 0.2) is 0 Å². The summed E-state index contributed by atoms with van der Waals surface area (Å²) in [6.07, 6.45) is 21.0. The first-order valence-electron chi connectivity index (χ1n) is 24.5. The molecule has 62 heavy (non-hydrogen) atoms. The Morgan fingerprint density at radius 3 is 1.29 bits per heavy atom. The molecule has 4 aromatic carbocycles. The van der Waals surface area contributed by atoms with Gasteiger partial charge in [0.25, 0.3) is 0 Å². The van der Waals surface area contributed by atoms with Gasteiger partial charge in [-0.1, -0.05) is 0 Å². The van der Waals surface area contributed by atoms with Crippen molar-refractivity contribution in [2.24, 2.45) is 10.8 Å². The fourth-order valence-electron chi connectivity index (χ4n) is 14.2. The summed E-state index contributed by atoms with van der Waals surface area (Å²) in [5.41, 5.74) is 13.3. The number of nitrogens with zero attached hydrogens (tertiary/aromatic N) is 2. The number of halogens is 2. The van der Waals surface area contributed by atoms with Gasteiger partial charge >= 0.3 is 387 Å². The van der Waals surface area contributed by atoms with Crippen LogP contribution in [-0.2, 0) is 36.9 Å². The Hall–Kier alpha value is -2.71. The number of aryl methyl sites for hydroxylation is 4. The molecule has 2 aliphatic heterocycles. The van der Waals surface area contributed by atoms with Crippen molar-refractivity contribution >= 4 is 40.4 Å². The van der Waals surface area contributed by atoms with Crippen LogP contribution < -0.4 is 9.80 Å². The van der Waals surface area contributed by atoms with Gasteiger partial charge in [0, 0.05) is 0 Å². The molecule has 2 nitrogen and oxygen atoms in total. The number of rotatable bonds is 9. The predicted molar refractivity (Wildman–Crippen MR) is 267 cm³/mol. The molecule has 3 aliphatic carbocycles. The van der Waals surface area contributed by atoms with E-state index < -0.39 is 11.2 Å². The molecule has 0 N–H and O–H groups in total. The summed E-state index contributed by atoms with van der Waals surface area (Å²) < 4.78 is 1.23. The van der Waals surface area contributed by atoms with Crippen molar-refractivity contribution < 1.29 is 11.2 Å². The van der Waals surface area contributed by atoms with Gasteiger partial charge in [0.1, 0.15) is 0 Å². The van der Waals surface area contributed by atoms with E-state index in [0.29, 0.717) is 0 Å². The number of hydrogen-bond acceptors (Lipinski definition) is 2. The van der Waals surface area contributed by atoms with Gasteiger partial charge < -0.3 is 0 Å². The van der Waals surface area contributed by atoms with Crippen molar-refractivity contribution in [3.05, 3.63) is 136 Å². The first kappa shape index (κ1) is 44.5. The molecule has 2 heterocycles. The molecule has 0 aromatic heterocycles. The normalized spacial score (nSPS) is 24.3. The summed E-state index contributed by atoms with van der Waals surface area (Å²) in [7, 11) is 20.1. The van der Waals surface area contributed by atoms with Crippen LogP contribution in [0.4, 0.5) is 11.4 Å². The van der Waals surface area contributed by atoms with Gasteiger partial charge in [0.2, 0.25) is 0 Å². The van der Waals surface area contributed by atoms with Crippen molar-refractivity contribution in [1.29, 1.82) is 0 Å². The van der Waals surface area contributed by atoms with E-state index in [0.717, 1.165) is 38.5 Å². The quantitative estimate of drug-likeness (QED) is 0.154. The molecule has 2 saturated heterocycles. The monoisotopic (exact) mass is 958 g/mol. The molecule has 5 aliphatic rings. The summed E-state index contributed by atoms with van der Waals surface area (Å²) in [6, 6.07) is 34.7. The molecule has 2 saturated carbocycles. The zero-order valence-corrected chi connectivity index (χ0v) is 42.5. The number of benzene rings is 4. The van der Waals surface area contributed by atoms with Crippen molar-refractivity contribution in [3.8, 4) is 0 Å². The Bertz CT molecular complexity index is 2270. The Balaban J connectivity index is 1.53. The molecule has 9 rings (SSSR count). The number of para-hydroxylation sites is 2. The minimum atomic E-state index is -5.36. The first-order valence-corrected chi connectivity index (χ1v) is 31.8. The fourth-order valence-corrected chi connectivity index (χ4v) is 33.1. The summed E-state index contributed by atoms with van der Waals surface area (Å²) in [6.45, 7) is 19.7. The maximum absolute atomic E-state index is 10.0. The van der Waals surface area contributed by atoms with Crippen molar-refractivity contribution in [1.82, 2.24) is 0 Å². The van der Waals surface area contributed by atoms with Gasteiger partial charge in [-0.2, -0.15) is 0 Å². The van der Waals surface area contributed by atoms with Crippen LogP contribution in [0.1, 0.15) is 171 Å². The first-order chi connectivity index (χ1) is 29.7. The number of anilines is 2. The topological polar surface area (TPSA) is 6.48 Å². The SMILES string of the molecule is CCc1cccc(CC)c1N1[CH]([Ru]([Cl])([Cl])(=[C]2C=C(c3ccccc3)c3ccccc32)[CH]2N(c3c(CC)cccc3CC)C(C)(C)CC23CCCCC3)C2(CCCCC2)CC1(C)C. The van der Waals surface area contributed by atoms with E-state index in [9.17, 15) is 19.4 Å². The number of fused-ring (bicyclic) bond motifs is 1. The molecule has 4 fully saturated rings. The van der Waals surface area contributed by atoms with E-state index in [1.165, 1.54) is 124 Å². The van der Waals surface area contributed by atoms with Crippen LogP contribution in [0.15, 0.2) is 97.1 Å². The van der Waals surface area contributed by atoms with Crippen LogP contribution >= 0.6 is 19.4 Å². The molecule has 334 valence electrons. The van der Waals surface area contributed by atoms with E-state index in [4.69, 9.17) is 0 Å². The second kappa shape index (κ2) is 16.3. The molecule has 0 bridgehead atoms. The maximum atomic E-state index is 10.0. The summed E-state index contributed by atoms with van der Waals surface area (Å²) in [5.74, 6) is 0. The van der Waals surface area contributed by atoms with Crippen molar-refractivity contribution in [2.45, 2.75) is 178 Å². The molecule has 0 radical (unpaired) electrons. The van der Waals surface area contributed by atoms with Gasteiger partial charge in [-0.15, -0.1) is 0 Å². The Morgan fingerprint density at radius 1 is 0.500 bits per heavy atom. The van der Waals surface area contributed by atoms with Gasteiger partial charge in [-0.3, -0.25) is 0 Å². The van der Waals surface area contributed by atoms with Gasteiger partial charge in [-0.05, 0) is 0 Å². The third kappa shape index (κ3) is 6.73. The molecule has 2 spiro atoms. The molecule has 5 heteroatoms. The molecule has 2 atom stereocenters. The standard InChI is InChI=1S/2C21H32N.C15H10.2ClH.Ru/c2*1-5-17-11-10-12-18(6-2)19(17)22-16-21(15-20(22,3)4)13-8-7-9-14-21;1-2-6-12(7-3-1)15-11-10-13-8-4-5-9-14(13)15;;;/h2*10-12,16H,5-9,13-15H2,1-4H3;1-9,11H;2*1H;/q;;;;;+2/p-2. The minimum absolute atomic E-state index is 0.0375.